The lowest BCUT2D eigenvalue weighted by Crippen LogP contribution is -2.26. The molecule has 5 heteroatoms. The van der Waals surface area contributed by atoms with Crippen molar-refractivity contribution >= 4 is 15.9 Å². The number of aliphatic hydroxyl groups excluding tert-OH is 1. The summed E-state index contributed by atoms with van der Waals surface area (Å²) in [6.45, 7) is 0.0905. The van der Waals surface area contributed by atoms with Crippen LogP contribution in [0.1, 0.15) is 0 Å². The standard InChI is InChI=1S/C9H11BrFNO2/c10-6-1-2-9(8(11)3-6)14-5-7(13)4-12/h1-3,7,13H,4-5,12H2. The molecule has 1 unspecified atom stereocenters. The van der Waals surface area contributed by atoms with E-state index in [9.17, 15) is 4.39 Å². The average molecular weight is 264 g/mol. The predicted molar refractivity (Wildman–Crippen MR) is 54.7 cm³/mol. The van der Waals surface area contributed by atoms with Crippen LogP contribution in [0.4, 0.5) is 4.39 Å². The number of nitrogens with two attached hydrogens (primary N) is 1. The van der Waals surface area contributed by atoms with Crippen LogP contribution < -0.4 is 10.5 Å². The lowest BCUT2D eigenvalue weighted by molar-refractivity contribution is 0.112. The molecule has 1 rings (SSSR count). The van der Waals surface area contributed by atoms with Crippen molar-refractivity contribution in [2.24, 2.45) is 5.73 Å². The Morgan fingerprint density at radius 2 is 2.29 bits per heavy atom. The van der Waals surface area contributed by atoms with E-state index < -0.39 is 11.9 Å². The number of benzene rings is 1. The third kappa shape index (κ3) is 3.25. The maximum absolute atomic E-state index is 13.1. The SMILES string of the molecule is NCC(O)COc1ccc(Br)cc1F. The minimum absolute atomic E-state index is 0.00491. The summed E-state index contributed by atoms with van der Waals surface area (Å²) in [5.74, 6) is -0.357. The van der Waals surface area contributed by atoms with Crippen LogP contribution in [0.15, 0.2) is 22.7 Å². The van der Waals surface area contributed by atoms with Gasteiger partial charge in [0.25, 0.3) is 0 Å². The Kier molecular flexibility index (Phi) is 4.31. The Balaban J connectivity index is 2.59. The highest BCUT2D eigenvalue weighted by Gasteiger charge is 2.06. The fraction of sp³-hybridized carbons (Fsp3) is 0.333. The van der Waals surface area contributed by atoms with Crippen molar-refractivity contribution in [3.63, 3.8) is 0 Å². The van der Waals surface area contributed by atoms with Gasteiger partial charge in [0.1, 0.15) is 12.7 Å². The van der Waals surface area contributed by atoms with Crippen LogP contribution >= 0.6 is 15.9 Å². The highest BCUT2D eigenvalue weighted by Crippen LogP contribution is 2.21. The van der Waals surface area contributed by atoms with Crippen LogP contribution in [0.2, 0.25) is 0 Å². The molecule has 0 spiro atoms. The number of rotatable bonds is 4. The number of aliphatic hydroxyl groups is 1. The molecule has 0 fully saturated rings. The monoisotopic (exact) mass is 263 g/mol. The zero-order chi connectivity index (χ0) is 10.6. The summed E-state index contributed by atoms with van der Waals surface area (Å²) in [6.07, 6.45) is -0.766. The average Bonchev–Trinajstić information content (AvgIpc) is 2.16. The van der Waals surface area contributed by atoms with Crippen molar-refractivity contribution in [3.05, 3.63) is 28.5 Å². The van der Waals surface area contributed by atoms with E-state index >= 15 is 0 Å². The summed E-state index contributed by atoms with van der Waals surface area (Å²) in [5.41, 5.74) is 5.17. The van der Waals surface area contributed by atoms with E-state index in [1.807, 2.05) is 0 Å². The number of halogens is 2. The van der Waals surface area contributed by atoms with E-state index in [2.05, 4.69) is 15.9 Å². The summed E-state index contributed by atoms with van der Waals surface area (Å²) in [6, 6.07) is 4.44. The number of hydrogen-bond acceptors (Lipinski definition) is 3. The van der Waals surface area contributed by atoms with Gasteiger partial charge in [0.2, 0.25) is 0 Å². The van der Waals surface area contributed by atoms with Gasteiger partial charge in [0.05, 0.1) is 0 Å². The normalized spacial score (nSPS) is 12.6. The number of hydrogen-bond donors (Lipinski definition) is 2. The van der Waals surface area contributed by atoms with Gasteiger partial charge in [0.15, 0.2) is 11.6 Å². The highest BCUT2D eigenvalue weighted by molar-refractivity contribution is 9.10. The van der Waals surface area contributed by atoms with Crippen LogP contribution in [-0.4, -0.2) is 24.4 Å². The lowest BCUT2D eigenvalue weighted by atomic mass is 10.3. The van der Waals surface area contributed by atoms with E-state index in [0.29, 0.717) is 4.47 Å². The fourth-order valence-electron chi connectivity index (χ4n) is 0.846. The third-order valence-corrected chi connectivity index (χ3v) is 2.09. The minimum atomic E-state index is -0.766. The molecule has 0 radical (unpaired) electrons. The Morgan fingerprint density at radius 1 is 1.57 bits per heavy atom. The summed E-state index contributed by atoms with van der Waals surface area (Å²) in [4.78, 5) is 0. The zero-order valence-electron chi connectivity index (χ0n) is 7.41. The molecule has 0 saturated carbocycles. The van der Waals surface area contributed by atoms with Crippen molar-refractivity contribution in [2.45, 2.75) is 6.10 Å². The van der Waals surface area contributed by atoms with Gasteiger partial charge in [-0.15, -0.1) is 0 Å². The van der Waals surface area contributed by atoms with E-state index in [1.165, 1.54) is 12.1 Å². The topological polar surface area (TPSA) is 55.5 Å². The second-order valence-corrected chi connectivity index (χ2v) is 3.69. The van der Waals surface area contributed by atoms with Crippen molar-refractivity contribution in [1.29, 1.82) is 0 Å². The minimum Gasteiger partial charge on any atom is -0.488 e. The maximum Gasteiger partial charge on any atom is 0.166 e. The van der Waals surface area contributed by atoms with E-state index in [1.54, 1.807) is 6.07 Å². The van der Waals surface area contributed by atoms with Crippen LogP contribution in [0.3, 0.4) is 0 Å². The summed E-state index contributed by atoms with van der Waals surface area (Å²) in [7, 11) is 0. The van der Waals surface area contributed by atoms with Crippen LogP contribution in [0, 0.1) is 5.82 Å². The summed E-state index contributed by atoms with van der Waals surface area (Å²) >= 11 is 3.13. The first-order valence-corrected chi connectivity index (χ1v) is 4.88. The van der Waals surface area contributed by atoms with Crippen LogP contribution in [0.25, 0.3) is 0 Å². The van der Waals surface area contributed by atoms with Gasteiger partial charge in [-0.05, 0) is 18.2 Å². The van der Waals surface area contributed by atoms with Gasteiger partial charge in [-0.1, -0.05) is 15.9 Å². The van der Waals surface area contributed by atoms with Crippen LogP contribution in [0.5, 0.6) is 5.75 Å². The Morgan fingerprint density at radius 3 is 2.86 bits per heavy atom. The van der Waals surface area contributed by atoms with Gasteiger partial charge in [-0.2, -0.15) is 0 Å². The quantitative estimate of drug-likeness (QED) is 0.861. The molecule has 3 N–H and O–H groups in total. The molecule has 78 valence electrons. The molecule has 0 saturated heterocycles. The molecule has 0 heterocycles. The molecule has 1 aromatic carbocycles. The molecular formula is C9H11BrFNO2. The summed E-state index contributed by atoms with van der Waals surface area (Å²) in [5, 5.41) is 9.08. The predicted octanol–water partition coefficient (Wildman–Crippen LogP) is 1.29. The molecule has 0 amide bonds. The van der Waals surface area contributed by atoms with Crippen molar-refractivity contribution in [2.75, 3.05) is 13.2 Å². The first kappa shape index (κ1) is 11.4. The molecule has 3 nitrogen and oxygen atoms in total. The molecule has 0 aromatic heterocycles. The van der Waals surface area contributed by atoms with Gasteiger partial charge >= 0.3 is 0 Å². The van der Waals surface area contributed by atoms with Gasteiger partial charge in [-0.3, -0.25) is 0 Å². The zero-order valence-corrected chi connectivity index (χ0v) is 9.00. The smallest absolute Gasteiger partial charge is 0.166 e. The molecule has 0 aliphatic rings. The summed E-state index contributed by atoms with van der Waals surface area (Å²) < 4.78 is 18.8. The fourth-order valence-corrected chi connectivity index (χ4v) is 1.18. The highest BCUT2D eigenvalue weighted by atomic mass is 79.9. The Bertz CT molecular complexity index is 309. The van der Waals surface area contributed by atoms with E-state index in [-0.39, 0.29) is 18.9 Å². The molecule has 0 aliphatic heterocycles. The lowest BCUT2D eigenvalue weighted by Gasteiger charge is -2.10. The molecular weight excluding hydrogens is 253 g/mol. The van der Waals surface area contributed by atoms with Gasteiger partial charge in [-0.25, -0.2) is 4.39 Å². The maximum atomic E-state index is 13.1. The van der Waals surface area contributed by atoms with Crippen LogP contribution in [-0.2, 0) is 0 Å². The molecule has 0 bridgehead atoms. The molecule has 1 atom stereocenters. The first-order chi connectivity index (χ1) is 6.63. The molecule has 14 heavy (non-hydrogen) atoms. The Labute approximate surface area is 89.8 Å². The largest absolute Gasteiger partial charge is 0.488 e. The van der Waals surface area contributed by atoms with E-state index in [4.69, 9.17) is 15.6 Å². The van der Waals surface area contributed by atoms with Crippen molar-refractivity contribution in [3.8, 4) is 5.75 Å². The molecule has 1 aromatic rings. The first-order valence-electron chi connectivity index (χ1n) is 4.09. The van der Waals surface area contributed by atoms with Gasteiger partial charge in [0, 0.05) is 11.0 Å². The second kappa shape index (κ2) is 5.29. The second-order valence-electron chi connectivity index (χ2n) is 2.78. The van der Waals surface area contributed by atoms with E-state index in [0.717, 1.165) is 0 Å². The third-order valence-electron chi connectivity index (χ3n) is 1.60. The molecule has 0 aliphatic carbocycles. The number of ether oxygens (including phenoxy) is 1. The van der Waals surface area contributed by atoms with Crippen molar-refractivity contribution in [1.82, 2.24) is 0 Å². The Hall–Kier alpha value is -0.650. The van der Waals surface area contributed by atoms with Crippen molar-refractivity contribution < 1.29 is 14.2 Å². The van der Waals surface area contributed by atoms with Gasteiger partial charge < -0.3 is 15.6 Å².